The highest BCUT2D eigenvalue weighted by atomic mass is 16.5. The van der Waals surface area contributed by atoms with E-state index in [2.05, 4.69) is 29.6 Å². The topological polar surface area (TPSA) is 95.9 Å². The molecule has 35 heavy (non-hydrogen) atoms. The first-order valence-electron chi connectivity index (χ1n) is 12.4. The Bertz CT molecular complexity index is 990. The van der Waals surface area contributed by atoms with Gasteiger partial charge in [0.15, 0.2) is 0 Å². The molecule has 0 aliphatic heterocycles. The van der Waals surface area contributed by atoms with Crippen LogP contribution in [0.1, 0.15) is 63.5 Å². The first-order valence-corrected chi connectivity index (χ1v) is 12.4. The largest absolute Gasteiger partial charge is 0.481 e. The summed E-state index contributed by atoms with van der Waals surface area (Å²) in [5.41, 5.74) is 4.65. The SMILES string of the molecule is CCN(CCCCC(=O)O)C(=O)CC(NC(=O)OCC1c2ccccc2-c2ccccc21)C(C)C. The van der Waals surface area contributed by atoms with Crippen LogP contribution in [0, 0.1) is 5.92 Å². The van der Waals surface area contributed by atoms with Crippen molar-refractivity contribution < 1.29 is 24.2 Å². The minimum atomic E-state index is -0.827. The molecule has 1 aliphatic carbocycles. The van der Waals surface area contributed by atoms with Gasteiger partial charge in [0.05, 0.1) is 0 Å². The maximum Gasteiger partial charge on any atom is 0.407 e. The normalized spacial score (nSPS) is 13.1. The molecule has 188 valence electrons. The number of unbranched alkanes of at least 4 members (excludes halogenated alkanes) is 1. The molecule has 0 spiro atoms. The number of nitrogens with zero attached hydrogens (tertiary/aromatic N) is 1. The van der Waals surface area contributed by atoms with Crippen LogP contribution in [0.3, 0.4) is 0 Å². The number of carbonyl (C=O) groups excluding carboxylic acids is 2. The Morgan fingerprint density at radius 1 is 1.00 bits per heavy atom. The van der Waals surface area contributed by atoms with Gasteiger partial charge >= 0.3 is 12.1 Å². The van der Waals surface area contributed by atoms with Crippen molar-refractivity contribution in [1.82, 2.24) is 10.2 Å². The molecule has 1 atom stereocenters. The van der Waals surface area contributed by atoms with E-state index < -0.39 is 12.1 Å². The zero-order valence-corrected chi connectivity index (χ0v) is 20.8. The number of benzene rings is 2. The Hall–Kier alpha value is -3.35. The highest BCUT2D eigenvalue weighted by Gasteiger charge is 2.30. The number of hydrogen-bond donors (Lipinski definition) is 2. The lowest BCUT2D eigenvalue weighted by Gasteiger charge is -2.26. The maximum atomic E-state index is 12.9. The van der Waals surface area contributed by atoms with Gasteiger partial charge in [-0.15, -0.1) is 0 Å². The van der Waals surface area contributed by atoms with Crippen LogP contribution in [0.5, 0.6) is 0 Å². The van der Waals surface area contributed by atoms with Gasteiger partial charge in [-0.25, -0.2) is 4.79 Å². The van der Waals surface area contributed by atoms with Gasteiger partial charge in [-0.1, -0.05) is 62.4 Å². The third-order valence-electron chi connectivity index (χ3n) is 6.65. The number of carboxylic acids is 1. The molecular weight excluding hydrogens is 444 g/mol. The van der Waals surface area contributed by atoms with Crippen LogP contribution in [-0.2, 0) is 14.3 Å². The number of hydrogen-bond acceptors (Lipinski definition) is 4. The molecule has 7 heteroatoms. The van der Waals surface area contributed by atoms with Gasteiger partial charge in [0, 0.05) is 37.9 Å². The maximum absolute atomic E-state index is 12.9. The molecule has 0 radical (unpaired) electrons. The number of nitrogens with one attached hydrogen (secondary N) is 1. The van der Waals surface area contributed by atoms with Crippen molar-refractivity contribution in [2.24, 2.45) is 5.92 Å². The second kappa shape index (κ2) is 12.4. The van der Waals surface area contributed by atoms with Gasteiger partial charge in [0.2, 0.25) is 5.91 Å². The second-order valence-electron chi connectivity index (χ2n) is 9.35. The quantitative estimate of drug-likeness (QED) is 0.415. The molecule has 2 aromatic rings. The fourth-order valence-corrected chi connectivity index (χ4v) is 4.60. The minimum Gasteiger partial charge on any atom is -0.481 e. The molecule has 3 rings (SSSR count). The summed E-state index contributed by atoms with van der Waals surface area (Å²) in [4.78, 5) is 38.0. The van der Waals surface area contributed by atoms with E-state index in [4.69, 9.17) is 9.84 Å². The van der Waals surface area contributed by atoms with Gasteiger partial charge in [-0.3, -0.25) is 9.59 Å². The van der Waals surface area contributed by atoms with Gasteiger partial charge in [-0.05, 0) is 47.9 Å². The third kappa shape index (κ3) is 6.84. The van der Waals surface area contributed by atoms with Gasteiger partial charge in [-0.2, -0.15) is 0 Å². The molecule has 1 unspecified atom stereocenters. The minimum absolute atomic E-state index is 0.0198. The molecule has 2 amide bonds. The van der Waals surface area contributed by atoms with E-state index in [1.165, 1.54) is 11.1 Å². The summed E-state index contributed by atoms with van der Waals surface area (Å²) in [7, 11) is 0. The number of ether oxygens (including phenoxy) is 1. The van der Waals surface area contributed by atoms with Crippen LogP contribution in [0.15, 0.2) is 48.5 Å². The highest BCUT2D eigenvalue weighted by Crippen LogP contribution is 2.44. The second-order valence-corrected chi connectivity index (χ2v) is 9.35. The van der Waals surface area contributed by atoms with Gasteiger partial charge in [0.1, 0.15) is 6.61 Å². The number of carboxylic acid groups (broad SMARTS) is 1. The summed E-state index contributed by atoms with van der Waals surface area (Å²) in [6, 6.07) is 16.0. The van der Waals surface area contributed by atoms with E-state index in [0.29, 0.717) is 25.9 Å². The van der Waals surface area contributed by atoms with E-state index in [9.17, 15) is 14.4 Å². The van der Waals surface area contributed by atoms with Crippen molar-refractivity contribution in [3.05, 3.63) is 59.7 Å². The number of rotatable bonds is 12. The zero-order chi connectivity index (χ0) is 25.4. The van der Waals surface area contributed by atoms with Gasteiger partial charge in [0.25, 0.3) is 0 Å². The number of carbonyl (C=O) groups is 3. The average Bonchev–Trinajstić information content (AvgIpc) is 3.15. The lowest BCUT2D eigenvalue weighted by atomic mass is 9.98. The first kappa shape index (κ1) is 26.3. The predicted molar refractivity (Wildman–Crippen MR) is 135 cm³/mol. The molecule has 0 fully saturated rings. The molecule has 0 saturated carbocycles. The zero-order valence-electron chi connectivity index (χ0n) is 20.8. The van der Waals surface area contributed by atoms with E-state index >= 15 is 0 Å². The predicted octanol–water partition coefficient (Wildman–Crippen LogP) is 5.04. The van der Waals surface area contributed by atoms with Crippen LogP contribution in [0.2, 0.25) is 0 Å². The summed E-state index contributed by atoms with van der Waals surface area (Å²) in [6.45, 7) is 7.11. The molecule has 0 bridgehead atoms. The van der Waals surface area contributed by atoms with E-state index in [1.807, 2.05) is 45.0 Å². The van der Waals surface area contributed by atoms with E-state index in [-0.39, 0.29) is 43.2 Å². The molecule has 0 aromatic heterocycles. The van der Waals surface area contributed by atoms with E-state index in [0.717, 1.165) is 11.1 Å². The Balaban J connectivity index is 1.56. The standard InChI is InChI=1S/C28H36N2O5/c1-4-30(16-10-9-15-27(32)33)26(31)17-25(19(2)3)29-28(34)35-18-24-22-13-7-5-11-20(22)21-12-6-8-14-23(21)24/h5-8,11-14,19,24-25H,4,9-10,15-18H2,1-3H3,(H,29,34)(H,32,33). The van der Waals surface area contributed by atoms with Crippen LogP contribution in [0.25, 0.3) is 11.1 Å². The fourth-order valence-electron chi connectivity index (χ4n) is 4.60. The highest BCUT2D eigenvalue weighted by molar-refractivity contribution is 5.79. The summed E-state index contributed by atoms with van der Waals surface area (Å²) >= 11 is 0. The monoisotopic (exact) mass is 480 g/mol. The van der Waals surface area contributed by atoms with E-state index in [1.54, 1.807) is 4.90 Å². The summed E-state index contributed by atoms with van der Waals surface area (Å²) < 4.78 is 5.66. The summed E-state index contributed by atoms with van der Waals surface area (Å²) in [5, 5.41) is 11.7. The first-order chi connectivity index (χ1) is 16.8. The molecule has 0 heterocycles. The lowest BCUT2D eigenvalue weighted by molar-refractivity contribution is -0.137. The van der Waals surface area contributed by atoms with Crippen molar-refractivity contribution in [2.45, 2.75) is 58.4 Å². The summed E-state index contributed by atoms with van der Waals surface area (Å²) in [5.74, 6) is -0.856. The van der Waals surface area contributed by atoms with Crippen LogP contribution < -0.4 is 5.32 Å². The van der Waals surface area contributed by atoms with Crippen molar-refractivity contribution in [2.75, 3.05) is 19.7 Å². The summed E-state index contributed by atoms with van der Waals surface area (Å²) in [6.07, 6.45) is 0.920. The molecule has 2 N–H and O–H groups in total. The Morgan fingerprint density at radius 2 is 1.60 bits per heavy atom. The van der Waals surface area contributed by atoms with Crippen molar-refractivity contribution in [3.63, 3.8) is 0 Å². The molecule has 0 saturated heterocycles. The number of aliphatic carboxylic acids is 1. The lowest BCUT2D eigenvalue weighted by Crippen LogP contribution is -2.44. The number of amides is 2. The molecular formula is C28H36N2O5. The Morgan fingerprint density at radius 3 is 2.14 bits per heavy atom. The third-order valence-corrected chi connectivity index (χ3v) is 6.65. The number of fused-ring (bicyclic) bond motifs is 3. The smallest absolute Gasteiger partial charge is 0.407 e. The molecule has 7 nitrogen and oxygen atoms in total. The average molecular weight is 481 g/mol. The molecule has 1 aliphatic rings. The van der Waals surface area contributed by atoms with Crippen LogP contribution in [0.4, 0.5) is 4.79 Å². The van der Waals surface area contributed by atoms with Crippen LogP contribution in [-0.4, -0.2) is 53.7 Å². The van der Waals surface area contributed by atoms with Crippen LogP contribution >= 0.6 is 0 Å². The Kier molecular flexibility index (Phi) is 9.29. The van der Waals surface area contributed by atoms with Crippen molar-refractivity contribution in [1.29, 1.82) is 0 Å². The number of alkyl carbamates (subject to hydrolysis) is 1. The van der Waals surface area contributed by atoms with Crippen molar-refractivity contribution >= 4 is 18.0 Å². The fraction of sp³-hybridized carbons (Fsp3) is 0.464. The Labute approximate surface area is 207 Å². The molecule has 2 aromatic carbocycles. The van der Waals surface area contributed by atoms with Gasteiger partial charge < -0.3 is 20.1 Å². The van der Waals surface area contributed by atoms with Crippen molar-refractivity contribution in [3.8, 4) is 11.1 Å².